The SMILES string of the molecule is CCOC(=O)C1CCC(NC(=NC)NCc2ncc(C(C)(C)C)o2)CC1. The third-order valence-corrected chi connectivity index (χ3v) is 4.61. The molecule has 0 bridgehead atoms. The Morgan fingerprint density at radius 1 is 1.35 bits per heavy atom. The molecule has 146 valence electrons. The first kappa shape index (κ1) is 20.3. The summed E-state index contributed by atoms with van der Waals surface area (Å²) in [5.74, 6) is 2.21. The first-order valence-corrected chi connectivity index (χ1v) is 9.42. The zero-order chi connectivity index (χ0) is 19.2. The second kappa shape index (κ2) is 9.05. The average molecular weight is 364 g/mol. The van der Waals surface area contributed by atoms with Crippen LogP contribution in [-0.2, 0) is 21.5 Å². The standard InChI is InChI=1S/C19H32N4O3/c1-6-25-17(24)13-7-9-14(10-8-13)23-18(20-5)22-12-16-21-11-15(26-16)19(2,3)4/h11,13-14H,6-10,12H2,1-5H3,(H2,20,22,23). The largest absolute Gasteiger partial charge is 0.466 e. The molecule has 0 atom stereocenters. The topological polar surface area (TPSA) is 88.8 Å². The van der Waals surface area contributed by atoms with Gasteiger partial charge in [-0.2, -0.15) is 0 Å². The number of rotatable bonds is 5. The van der Waals surface area contributed by atoms with Crippen molar-refractivity contribution in [1.82, 2.24) is 15.6 Å². The van der Waals surface area contributed by atoms with Gasteiger partial charge in [-0.25, -0.2) is 4.98 Å². The van der Waals surface area contributed by atoms with Gasteiger partial charge in [-0.05, 0) is 32.6 Å². The molecule has 0 amide bonds. The number of oxazole rings is 1. The van der Waals surface area contributed by atoms with Crippen molar-refractivity contribution in [2.45, 2.75) is 71.4 Å². The number of esters is 1. The number of ether oxygens (including phenoxy) is 1. The number of guanidine groups is 1. The molecule has 1 aromatic rings. The molecule has 2 rings (SSSR count). The normalized spacial score (nSPS) is 21.3. The van der Waals surface area contributed by atoms with Crippen LogP contribution < -0.4 is 10.6 Å². The van der Waals surface area contributed by atoms with Crippen molar-refractivity contribution < 1.29 is 13.9 Å². The van der Waals surface area contributed by atoms with Crippen molar-refractivity contribution in [3.8, 4) is 0 Å². The lowest BCUT2D eigenvalue weighted by molar-refractivity contribution is -0.149. The zero-order valence-electron chi connectivity index (χ0n) is 16.6. The minimum Gasteiger partial charge on any atom is -0.466 e. The summed E-state index contributed by atoms with van der Waals surface area (Å²) in [5.41, 5.74) is -0.0528. The minimum absolute atomic E-state index is 0.0334. The van der Waals surface area contributed by atoms with Gasteiger partial charge in [-0.15, -0.1) is 0 Å². The smallest absolute Gasteiger partial charge is 0.308 e. The minimum atomic E-state index is -0.0630. The number of carbonyl (C=O) groups excluding carboxylic acids is 1. The van der Waals surface area contributed by atoms with Gasteiger partial charge in [0.2, 0.25) is 5.89 Å². The molecule has 0 aromatic carbocycles. The molecular weight excluding hydrogens is 332 g/mol. The number of hydrogen-bond donors (Lipinski definition) is 2. The molecule has 1 saturated carbocycles. The van der Waals surface area contributed by atoms with Gasteiger partial charge in [0.1, 0.15) is 5.76 Å². The van der Waals surface area contributed by atoms with Gasteiger partial charge < -0.3 is 19.8 Å². The molecule has 7 nitrogen and oxygen atoms in total. The summed E-state index contributed by atoms with van der Waals surface area (Å²) in [4.78, 5) is 20.4. The molecule has 1 heterocycles. The van der Waals surface area contributed by atoms with Gasteiger partial charge in [0.25, 0.3) is 0 Å². The van der Waals surface area contributed by atoms with Crippen LogP contribution in [0.2, 0.25) is 0 Å². The number of hydrogen-bond acceptors (Lipinski definition) is 5. The summed E-state index contributed by atoms with van der Waals surface area (Å²) >= 11 is 0. The van der Waals surface area contributed by atoms with E-state index >= 15 is 0 Å². The predicted octanol–water partition coefficient (Wildman–Crippen LogP) is 2.76. The van der Waals surface area contributed by atoms with Crippen LogP contribution in [-0.4, -0.2) is 36.6 Å². The van der Waals surface area contributed by atoms with Gasteiger partial charge >= 0.3 is 5.97 Å². The Hall–Kier alpha value is -2.05. The first-order valence-electron chi connectivity index (χ1n) is 9.42. The molecule has 26 heavy (non-hydrogen) atoms. The summed E-state index contributed by atoms with van der Waals surface area (Å²) < 4.78 is 10.9. The van der Waals surface area contributed by atoms with Crippen LogP contribution in [0.4, 0.5) is 0 Å². The van der Waals surface area contributed by atoms with E-state index < -0.39 is 0 Å². The Morgan fingerprint density at radius 2 is 2.04 bits per heavy atom. The quantitative estimate of drug-likeness (QED) is 0.474. The van der Waals surface area contributed by atoms with Gasteiger partial charge in [-0.3, -0.25) is 9.79 Å². The molecule has 1 aliphatic carbocycles. The average Bonchev–Trinajstić information content (AvgIpc) is 3.08. The molecule has 0 saturated heterocycles. The van der Waals surface area contributed by atoms with E-state index in [0.29, 0.717) is 25.1 Å². The van der Waals surface area contributed by atoms with E-state index in [2.05, 4.69) is 41.4 Å². The molecule has 0 aliphatic heterocycles. The second-order valence-corrected chi connectivity index (χ2v) is 7.74. The van der Waals surface area contributed by atoms with Crippen molar-refractivity contribution in [2.75, 3.05) is 13.7 Å². The highest BCUT2D eigenvalue weighted by Crippen LogP contribution is 2.25. The fourth-order valence-corrected chi connectivity index (χ4v) is 3.02. The summed E-state index contributed by atoms with van der Waals surface area (Å²) in [6, 6.07) is 0.307. The van der Waals surface area contributed by atoms with Crippen LogP contribution in [0.15, 0.2) is 15.6 Å². The molecule has 0 spiro atoms. The van der Waals surface area contributed by atoms with Crippen LogP contribution in [0.1, 0.15) is 65.0 Å². The van der Waals surface area contributed by atoms with Gasteiger partial charge in [0.15, 0.2) is 5.96 Å². The third kappa shape index (κ3) is 5.75. The van der Waals surface area contributed by atoms with Gasteiger partial charge in [0, 0.05) is 18.5 Å². The maximum absolute atomic E-state index is 11.8. The Morgan fingerprint density at radius 3 is 2.58 bits per heavy atom. The van der Waals surface area contributed by atoms with Gasteiger partial charge in [0.05, 0.1) is 25.3 Å². The zero-order valence-corrected chi connectivity index (χ0v) is 16.6. The highest BCUT2D eigenvalue weighted by atomic mass is 16.5. The van der Waals surface area contributed by atoms with Gasteiger partial charge in [-0.1, -0.05) is 20.8 Å². The first-order chi connectivity index (χ1) is 12.3. The third-order valence-electron chi connectivity index (χ3n) is 4.61. The fraction of sp³-hybridized carbons (Fsp3) is 0.737. The van der Waals surface area contributed by atoms with Crippen LogP contribution >= 0.6 is 0 Å². The summed E-state index contributed by atoms with van der Waals surface area (Å²) in [6.07, 6.45) is 5.34. The van der Waals surface area contributed by atoms with Crippen molar-refractivity contribution in [3.63, 3.8) is 0 Å². The molecule has 2 N–H and O–H groups in total. The number of aromatic nitrogens is 1. The molecule has 7 heteroatoms. The lowest BCUT2D eigenvalue weighted by atomic mass is 9.86. The Kier molecular flexibility index (Phi) is 7.06. The number of nitrogens with zero attached hydrogens (tertiary/aromatic N) is 2. The van der Waals surface area contributed by atoms with Crippen molar-refractivity contribution >= 4 is 11.9 Å². The number of nitrogens with one attached hydrogen (secondary N) is 2. The number of carbonyl (C=O) groups is 1. The fourth-order valence-electron chi connectivity index (χ4n) is 3.02. The lowest BCUT2D eigenvalue weighted by Crippen LogP contribution is -2.45. The molecule has 1 aliphatic rings. The molecule has 0 radical (unpaired) electrons. The Bertz CT molecular complexity index is 611. The van der Waals surface area contributed by atoms with Crippen LogP contribution in [0.25, 0.3) is 0 Å². The molecule has 0 unspecified atom stereocenters. The Balaban J connectivity index is 1.78. The van der Waals surface area contributed by atoms with Crippen LogP contribution in [0, 0.1) is 5.92 Å². The summed E-state index contributed by atoms with van der Waals surface area (Å²) in [6.45, 7) is 9.06. The maximum atomic E-state index is 11.8. The van der Waals surface area contributed by atoms with Crippen molar-refractivity contribution in [1.29, 1.82) is 0 Å². The molecule has 1 fully saturated rings. The van der Waals surface area contributed by atoms with E-state index in [1.54, 1.807) is 13.2 Å². The predicted molar refractivity (Wildman–Crippen MR) is 101 cm³/mol. The van der Waals surface area contributed by atoms with E-state index in [4.69, 9.17) is 9.15 Å². The number of aliphatic imine (C=N–C) groups is 1. The summed E-state index contributed by atoms with van der Waals surface area (Å²) in [7, 11) is 1.75. The van der Waals surface area contributed by atoms with Crippen molar-refractivity contribution in [2.24, 2.45) is 10.9 Å². The highest BCUT2D eigenvalue weighted by molar-refractivity contribution is 5.80. The monoisotopic (exact) mass is 364 g/mol. The summed E-state index contributed by atoms with van der Waals surface area (Å²) in [5, 5.41) is 6.66. The van der Waals surface area contributed by atoms with E-state index in [0.717, 1.165) is 37.4 Å². The van der Waals surface area contributed by atoms with E-state index in [1.165, 1.54) is 0 Å². The van der Waals surface area contributed by atoms with Crippen molar-refractivity contribution in [3.05, 3.63) is 17.8 Å². The lowest BCUT2D eigenvalue weighted by Gasteiger charge is -2.28. The highest BCUT2D eigenvalue weighted by Gasteiger charge is 2.27. The van der Waals surface area contributed by atoms with E-state index in [1.807, 2.05) is 6.92 Å². The maximum Gasteiger partial charge on any atom is 0.308 e. The van der Waals surface area contributed by atoms with E-state index in [9.17, 15) is 4.79 Å². The Labute approximate surface area is 156 Å². The van der Waals surface area contributed by atoms with Crippen LogP contribution in [0.3, 0.4) is 0 Å². The molecular formula is C19H32N4O3. The van der Waals surface area contributed by atoms with Crippen LogP contribution in [0.5, 0.6) is 0 Å². The second-order valence-electron chi connectivity index (χ2n) is 7.74. The van der Waals surface area contributed by atoms with E-state index in [-0.39, 0.29) is 17.3 Å². The molecule has 1 aromatic heterocycles.